The Balaban J connectivity index is 1.66. The van der Waals surface area contributed by atoms with Crippen LogP contribution in [0.4, 0.5) is 4.39 Å². The first-order chi connectivity index (χ1) is 12.1. The van der Waals surface area contributed by atoms with E-state index in [1.807, 2.05) is 4.90 Å². The van der Waals surface area contributed by atoms with Crippen molar-refractivity contribution in [2.45, 2.75) is 19.8 Å². The molecule has 2 amide bonds. The summed E-state index contributed by atoms with van der Waals surface area (Å²) in [6.45, 7) is 5.60. The summed E-state index contributed by atoms with van der Waals surface area (Å²) >= 11 is 0. The summed E-state index contributed by atoms with van der Waals surface area (Å²) in [5, 5.41) is 2.90. The van der Waals surface area contributed by atoms with Gasteiger partial charge in [-0.15, -0.1) is 0 Å². The van der Waals surface area contributed by atoms with E-state index in [1.54, 1.807) is 4.90 Å². The van der Waals surface area contributed by atoms with Gasteiger partial charge in [0.1, 0.15) is 11.6 Å². The molecule has 1 aliphatic heterocycles. The Morgan fingerprint density at radius 1 is 1.16 bits per heavy atom. The molecule has 0 saturated carbocycles. The molecule has 0 spiro atoms. The summed E-state index contributed by atoms with van der Waals surface area (Å²) in [6, 6.07) is 5.59. The Hall–Kier alpha value is -2.15. The summed E-state index contributed by atoms with van der Waals surface area (Å²) in [5.74, 6) is 0.0647. The lowest BCUT2D eigenvalue weighted by molar-refractivity contribution is -0.135. The van der Waals surface area contributed by atoms with Crippen molar-refractivity contribution in [3.8, 4) is 5.75 Å². The molecule has 0 aromatic heterocycles. The lowest BCUT2D eigenvalue weighted by Gasteiger charge is -2.34. The van der Waals surface area contributed by atoms with Crippen molar-refractivity contribution in [3.05, 3.63) is 30.1 Å². The van der Waals surface area contributed by atoms with Gasteiger partial charge < -0.3 is 15.0 Å². The van der Waals surface area contributed by atoms with Crippen LogP contribution in [-0.2, 0) is 9.59 Å². The second-order valence-electron chi connectivity index (χ2n) is 6.10. The molecular formula is C18H26FN3O3. The maximum atomic E-state index is 12.8. The summed E-state index contributed by atoms with van der Waals surface area (Å²) < 4.78 is 18.2. The highest BCUT2D eigenvalue weighted by Crippen LogP contribution is 2.11. The molecule has 7 heteroatoms. The number of carbonyl (C=O) groups is 2. The number of halogens is 1. The Kier molecular flexibility index (Phi) is 7.66. The second-order valence-corrected chi connectivity index (χ2v) is 6.10. The number of ether oxygens (including phenoxy) is 1. The largest absolute Gasteiger partial charge is 0.484 e. The minimum Gasteiger partial charge on any atom is -0.484 e. The lowest BCUT2D eigenvalue weighted by atomic mass is 10.3. The standard InChI is InChI=1S/C18H26FN3O3/c1-2-3-8-20-17(23)13-21-9-11-22(12-10-21)18(24)14-25-16-6-4-15(19)5-7-16/h4-7H,2-3,8-14H2,1H3,(H,20,23). The van der Waals surface area contributed by atoms with Gasteiger partial charge in [0.2, 0.25) is 5.91 Å². The van der Waals surface area contributed by atoms with E-state index in [-0.39, 0.29) is 24.2 Å². The van der Waals surface area contributed by atoms with Gasteiger partial charge in [-0.1, -0.05) is 13.3 Å². The molecule has 2 rings (SSSR count). The first-order valence-electron chi connectivity index (χ1n) is 8.73. The molecule has 1 saturated heterocycles. The maximum Gasteiger partial charge on any atom is 0.260 e. The van der Waals surface area contributed by atoms with Gasteiger partial charge in [-0.3, -0.25) is 14.5 Å². The van der Waals surface area contributed by atoms with Crippen molar-refractivity contribution in [1.29, 1.82) is 0 Å². The van der Waals surface area contributed by atoms with Crippen molar-refractivity contribution in [2.24, 2.45) is 0 Å². The Morgan fingerprint density at radius 2 is 1.84 bits per heavy atom. The molecule has 1 N–H and O–H groups in total. The first kappa shape index (κ1) is 19.2. The van der Waals surface area contributed by atoms with Gasteiger partial charge in [0.05, 0.1) is 6.54 Å². The third-order valence-electron chi connectivity index (χ3n) is 4.12. The van der Waals surface area contributed by atoms with Crippen molar-refractivity contribution < 1.29 is 18.7 Å². The summed E-state index contributed by atoms with van der Waals surface area (Å²) in [5.41, 5.74) is 0. The van der Waals surface area contributed by atoms with Gasteiger partial charge in [-0.05, 0) is 30.7 Å². The van der Waals surface area contributed by atoms with Crippen LogP contribution in [0.2, 0.25) is 0 Å². The Labute approximate surface area is 147 Å². The van der Waals surface area contributed by atoms with Crippen LogP contribution in [0, 0.1) is 5.82 Å². The highest BCUT2D eigenvalue weighted by molar-refractivity contribution is 5.79. The molecule has 1 aromatic carbocycles. The Bertz CT molecular complexity index is 557. The van der Waals surface area contributed by atoms with Crippen LogP contribution in [0.1, 0.15) is 19.8 Å². The van der Waals surface area contributed by atoms with Crippen molar-refractivity contribution in [3.63, 3.8) is 0 Å². The van der Waals surface area contributed by atoms with Crippen LogP contribution in [0.25, 0.3) is 0 Å². The van der Waals surface area contributed by atoms with E-state index in [0.717, 1.165) is 12.8 Å². The fraction of sp³-hybridized carbons (Fsp3) is 0.556. The van der Waals surface area contributed by atoms with Crippen LogP contribution in [0.5, 0.6) is 5.75 Å². The van der Waals surface area contributed by atoms with Crippen molar-refractivity contribution in [2.75, 3.05) is 45.9 Å². The molecule has 6 nitrogen and oxygen atoms in total. The van der Waals surface area contributed by atoms with Gasteiger partial charge in [0, 0.05) is 32.7 Å². The SMILES string of the molecule is CCCCNC(=O)CN1CCN(C(=O)COc2ccc(F)cc2)CC1. The number of nitrogens with zero attached hydrogens (tertiary/aromatic N) is 2. The Morgan fingerprint density at radius 3 is 2.48 bits per heavy atom. The molecule has 0 radical (unpaired) electrons. The van der Waals surface area contributed by atoms with Crippen molar-refractivity contribution in [1.82, 2.24) is 15.1 Å². The summed E-state index contributed by atoms with van der Waals surface area (Å²) in [6.07, 6.45) is 2.04. The zero-order valence-electron chi connectivity index (χ0n) is 14.7. The maximum absolute atomic E-state index is 12.8. The number of unbranched alkanes of at least 4 members (excludes halogenated alkanes) is 1. The highest BCUT2D eigenvalue weighted by atomic mass is 19.1. The number of rotatable bonds is 8. The third kappa shape index (κ3) is 6.70. The number of amides is 2. The average molecular weight is 351 g/mol. The van der Waals surface area contributed by atoms with Gasteiger partial charge in [-0.2, -0.15) is 0 Å². The van der Waals surface area contributed by atoms with Gasteiger partial charge in [0.15, 0.2) is 6.61 Å². The van der Waals surface area contributed by atoms with Crippen LogP contribution in [0.3, 0.4) is 0 Å². The van der Waals surface area contributed by atoms with Crippen molar-refractivity contribution >= 4 is 11.8 Å². The molecule has 0 unspecified atom stereocenters. The fourth-order valence-corrected chi connectivity index (χ4v) is 2.59. The van der Waals surface area contributed by atoms with E-state index >= 15 is 0 Å². The van der Waals surface area contributed by atoms with Gasteiger partial charge in [-0.25, -0.2) is 4.39 Å². The number of piperazine rings is 1. The van der Waals surface area contributed by atoms with E-state index in [1.165, 1.54) is 24.3 Å². The molecular weight excluding hydrogens is 325 g/mol. The molecule has 138 valence electrons. The summed E-state index contributed by atoms with van der Waals surface area (Å²) in [7, 11) is 0. The van der Waals surface area contributed by atoms with E-state index < -0.39 is 0 Å². The topological polar surface area (TPSA) is 61.9 Å². The number of carbonyl (C=O) groups excluding carboxylic acids is 2. The molecule has 0 atom stereocenters. The first-order valence-corrected chi connectivity index (χ1v) is 8.73. The quantitative estimate of drug-likeness (QED) is 0.717. The predicted octanol–water partition coefficient (Wildman–Crippen LogP) is 1.26. The zero-order chi connectivity index (χ0) is 18.1. The van der Waals surface area contributed by atoms with Crippen LogP contribution < -0.4 is 10.1 Å². The van der Waals surface area contributed by atoms with Crippen LogP contribution in [0.15, 0.2) is 24.3 Å². The number of hydrogen-bond donors (Lipinski definition) is 1. The van der Waals surface area contributed by atoms with Crippen LogP contribution >= 0.6 is 0 Å². The molecule has 1 heterocycles. The highest BCUT2D eigenvalue weighted by Gasteiger charge is 2.22. The lowest BCUT2D eigenvalue weighted by Crippen LogP contribution is -2.52. The van der Waals surface area contributed by atoms with Crippen LogP contribution in [-0.4, -0.2) is 67.5 Å². The number of hydrogen-bond acceptors (Lipinski definition) is 4. The van der Waals surface area contributed by atoms with Gasteiger partial charge >= 0.3 is 0 Å². The molecule has 1 aliphatic rings. The number of nitrogens with one attached hydrogen (secondary N) is 1. The summed E-state index contributed by atoms with van der Waals surface area (Å²) in [4.78, 5) is 27.8. The normalized spacial score (nSPS) is 15.0. The van der Waals surface area contributed by atoms with E-state index in [2.05, 4.69) is 12.2 Å². The minimum absolute atomic E-state index is 0.0351. The van der Waals surface area contributed by atoms with Gasteiger partial charge in [0.25, 0.3) is 5.91 Å². The number of benzene rings is 1. The molecule has 25 heavy (non-hydrogen) atoms. The fourth-order valence-electron chi connectivity index (χ4n) is 2.59. The monoisotopic (exact) mass is 351 g/mol. The van der Waals surface area contributed by atoms with E-state index in [4.69, 9.17) is 4.74 Å². The zero-order valence-corrected chi connectivity index (χ0v) is 14.7. The molecule has 1 aromatic rings. The smallest absolute Gasteiger partial charge is 0.260 e. The predicted molar refractivity (Wildman–Crippen MR) is 92.8 cm³/mol. The molecule has 1 fully saturated rings. The van der Waals surface area contributed by atoms with E-state index in [9.17, 15) is 14.0 Å². The third-order valence-corrected chi connectivity index (χ3v) is 4.12. The second kappa shape index (κ2) is 9.98. The minimum atomic E-state index is -0.339. The van der Waals surface area contributed by atoms with E-state index in [0.29, 0.717) is 45.0 Å². The molecule has 0 aliphatic carbocycles. The average Bonchev–Trinajstić information content (AvgIpc) is 2.62. The molecule has 0 bridgehead atoms.